The Labute approximate surface area is 205 Å². The summed E-state index contributed by atoms with van der Waals surface area (Å²) >= 11 is 0. The Bertz CT molecular complexity index is 1450. The van der Waals surface area contributed by atoms with E-state index in [0.717, 1.165) is 5.56 Å². The molecule has 0 saturated heterocycles. The quantitative estimate of drug-likeness (QED) is 0.374. The molecule has 1 aliphatic heterocycles. The first kappa shape index (κ1) is 23.9. The van der Waals surface area contributed by atoms with Crippen molar-refractivity contribution in [3.8, 4) is 23.0 Å². The minimum atomic E-state index is -4.12. The molecule has 3 heterocycles. The Morgan fingerprint density at radius 3 is 2.72 bits per heavy atom. The lowest BCUT2D eigenvalue weighted by atomic mass is 10.2. The predicted molar refractivity (Wildman–Crippen MR) is 124 cm³/mol. The zero-order valence-corrected chi connectivity index (χ0v) is 19.9. The number of ether oxygens (including phenoxy) is 4. The van der Waals surface area contributed by atoms with E-state index in [4.69, 9.17) is 9.47 Å². The van der Waals surface area contributed by atoms with Crippen molar-refractivity contribution in [1.29, 1.82) is 0 Å². The maximum atomic E-state index is 13.5. The van der Waals surface area contributed by atoms with Crippen LogP contribution in [0, 0.1) is 6.92 Å². The Hall–Kier alpha value is -3.80. The number of aromatic amines is 1. The number of methoxy groups -OCH3 is 1. The standard InChI is InChI=1S/C24H20F3N3O5S/c1-13-17(28-10-20(21(13)32-2)33-11-14-6-4-3-5-7-14)12-36(31)23-29-15-8-18-19(9-16(15)30-23)35-24(26,27)22(25)34-18/h3-10,22H,11-12H2,1-2H3,(H,29,30). The fourth-order valence-corrected chi connectivity index (χ4v) is 4.78. The summed E-state index contributed by atoms with van der Waals surface area (Å²) in [5, 5.41) is 0.0838. The number of imidazole rings is 1. The summed E-state index contributed by atoms with van der Waals surface area (Å²) < 4.78 is 73.9. The molecule has 4 aromatic rings. The molecule has 1 aliphatic rings. The maximum absolute atomic E-state index is 13.5. The third kappa shape index (κ3) is 4.55. The largest absolute Gasteiger partial charge is 0.492 e. The minimum absolute atomic E-state index is 0.00167. The van der Waals surface area contributed by atoms with Crippen molar-refractivity contribution < 1.29 is 36.3 Å². The van der Waals surface area contributed by atoms with Gasteiger partial charge in [0.15, 0.2) is 28.2 Å². The number of nitrogens with zero attached hydrogens (tertiary/aromatic N) is 2. The molecule has 0 aliphatic carbocycles. The van der Waals surface area contributed by atoms with E-state index in [2.05, 4.69) is 24.4 Å². The van der Waals surface area contributed by atoms with Crippen molar-refractivity contribution in [3.63, 3.8) is 0 Å². The van der Waals surface area contributed by atoms with Crippen LogP contribution in [0.15, 0.2) is 53.8 Å². The van der Waals surface area contributed by atoms with Crippen molar-refractivity contribution in [1.82, 2.24) is 15.0 Å². The second-order valence-electron chi connectivity index (χ2n) is 7.95. The van der Waals surface area contributed by atoms with Crippen molar-refractivity contribution in [2.75, 3.05) is 7.11 Å². The molecule has 36 heavy (non-hydrogen) atoms. The zero-order valence-electron chi connectivity index (χ0n) is 19.1. The highest BCUT2D eigenvalue weighted by Crippen LogP contribution is 2.42. The average Bonchev–Trinajstić information content (AvgIpc) is 3.27. The van der Waals surface area contributed by atoms with E-state index in [1.165, 1.54) is 25.4 Å². The molecule has 0 amide bonds. The molecule has 2 aromatic carbocycles. The number of aromatic nitrogens is 3. The van der Waals surface area contributed by atoms with Gasteiger partial charge in [0.05, 0.1) is 46.6 Å². The molecule has 5 rings (SSSR count). The van der Waals surface area contributed by atoms with Gasteiger partial charge in [-0.1, -0.05) is 30.3 Å². The van der Waals surface area contributed by atoms with Crippen molar-refractivity contribution in [2.45, 2.75) is 36.9 Å². The van der Waals surface area contributed by atoms with Crippen LogP contribution in [0.4, 0.5) is 13.2 Å². The van der Waals surface area contributed by atoms with E-state index >= 15 is 0 Å². The highest BCUT2D eigenvalue weighted by molar-refractivity contribution is 7.84. The molecule has 2 unspecified atom stereocenters. The smallest absolute Gasteiger partial charge is 0.468 e. The molecule has 0 fully saturated rings. The topological polar surface area (TPSA) is 95.6 Å². The van der Waals surface area contributed by atoms with Crippen LogP contribution in [0.25, 0.3) is 11.0 Å². The van der Waals surface area contributed by atoms with E-state index in [1.807, 2.05) is 30.3 Å². The summed E-state index contributed by atoms with van der Waals surface area (Å²) in [5.41, 5.74) is 2.67. The molecule has 1 N–H and O–H groups in total. The highest BCUT2D eigenvalue weighted by atomic mass is 32.2. The van der Waals surface area contributed by atoms with Crippen LogP contribution in [0.2, 0.25) is 0 Å². The van der Waals surface area contributed by atoms with Crippen LogP contribution in [0.5, 0.6) is 23.0 Å². The molecule has 188 valence electrons. The summed E-state index contributed by atoms with van der Waals surface area (Å²) in [6.07, 6.45) is -5.56. The first-order chi connectivity index (χ1) is 17.2. The van der Waals surface area contributed by atoms with Crippen molar-refractivity contribution >= 4 is 21.8 Å². The van der Waals surface area contributed by atoms with Crippen molar-refractivity contribution in [2.24, 2.45) is 0 Å². The van der Waals surface area contributed by atoms with Gasteiger partial charge < -0.3 is 23.9 Å². The molecule has 0 bridgehead atoms. The van der Waals surface area contributed by atoms with Gasteiger partial charge in [0.2, 0.25) is 0 Å². The van der Waals surface area contributed by atoms with Gasteiger partial charge >= 0.3 is 12.5 Å². The molecule has 2 atom stereocenters. The molecular formula is C24H20F3N3O5S. The number of pyridine rings is 1. The number of hydrogen-bond acceptors (Lipinski definition) is 7. The zero-order chi connectivity index (χ0) is 25.4. The van der Waals surface area contributed by atoms with E-state index in [9.17, 15) is 17.4 Å². The number of H-pyrrole nitrogens is 1. The van der Waals surface area contributed by atoms with Gasteiger partial charge in [0.1, 0.15) is 6.61 Å². The SMILES string of the molecule is COc1c(OCc2ccccc2)cnc(CS(=O)c2nc3cc4c(cc3[nH]2)OC(F)(F)C(F)O4)c1C. The van der Waals surface area contributed by atoms with E-state index < -0.39 is 23.3 Å². The Kier molecular flexibility index (Phi) is 6.20. The van der Waals surface area contributed by atoms with Gasteiger partial charge in [-0.15, -0.1) is 0 Å². The van der Waals surface area contributed by atoms with Gasteiger partial charge in [-0.25, -0.2) is 4.98 Å². The molecule has 8 nitrogen and oxygen atoms in total. The summed E-state index contributed by atoms with van der Waals surface area (Å²) in [5.74, 6) is 0.346. The average molecular weight is 520 g/mol. The minimum Gasteiger partial charge on any atom is -0.492 e. The molecule has 12 heteroatoms. The van der Waals surface area contributed by atoms with E-state index in [0.29, 0.717) is 29.4 Å². The second-order valence-corrected chi connectivity index (χ2v) is 9.31. The Morgan fingerprint density at radius 1 is 1.19 bits per heavy atom. The highest BCUT2D eigenvalue weighted by Gasteiger charge is 2.49. The lowest BCUT2D eigenvalue weighted by Crippen LogP contribution is -2.43. The number of rotatable bonds is 7. The third-order valence-corrected chi connectivity index (χ3v) is 6.69. The molecule has 0 radical (unpaired) electrons. The van der Waals surface area contributed by atoms with Gasteiger partial charge in [-0.3, -0.25) is 9.19 Å². The van der Waals surface area contributed by atoms with Crippen LogP contribution in [-0.2, 0) is 23.2 Å². The number of nitrogens with one attached hydrogen (secondary N) is 1. The fourth-order valence-electron chi connectivity index (χ4n) is 3.68. The van der Waals surface area contributed by atoms with Gasteiger partial charge in [-0.05, 0) is 12.5 Å². The molecule has 2 aromatic heterocycles. The van der Waals surface area contributed by atoms with Crippen LogP contribution in [0.1, 0.15) is 16.8 Å². The number of fused-ring (bicyclic) bond motifs is 2. The molecule has 0 saturated carbocycles. The predicted octanol–water partition coefficient (Wildman–Crippen LogP) is 4.82. The van der Waals surface area contributed by atoms with Crippen LogP contribution in [-0.4, -0.2) is 38.7 Å². The first-order valence-electron chi connectivity index (χ1n) is 10.7. The lowest BCUT2D eigenvalue weighted by Gasteiger charge is -2.28. The number of hydrogen-bond donors (Lipinski definition) is 1. The maximum Gasteiger partial charge on any atom is 0.468 e. The second kappa shape index (κ2) is 9.34. The van der Waals surface area contributed by atoms with Crippen LogP contribution in [0.3, 0.4) is 0 Å². The monoisotopic (exact) mass is 519 g/mol. The van der Waals surface area contributed by atoms with Gasteiger partial charge in [0.25, 0.3) is 0 Å². The summed E-state index contributed by atoms with van der Waals surface area (Å²) in [6.45, 7) is 2.11. The first-order valence-corrected chi connectivity index (χ1v) is 12.1. The molecule has 0 spiro atoms. The summed E-state index contributed by atoms with van der Waals surface area (Å²) in [6, 6.07) is 12.1. The van der Waals surface area contributed by atoms with E-state index in [-0.39, 0.29) is 33.4 Å². The normalized spacial score (nSPS) is 17.1. The Morgan fingerprint density at radius 2 is 1.97 bits per heavy atom. The van der Waals surface area contributed by atoms with E-state index in [1.54, 1.807) is 6.92 Å². The van der Waals surface area contributed by atoms with Gasteiger partial charge in [0, 0.05) is 17.7 Å². The number of alkyl halides is 3. The number of halogens is 3. The van der Waals surface area contributed by atoms with Crippen LogP contribution < -0.4 is 18.9 Å². The fraction of sp³-hybridized carbons (Fsp3) is 0.250. The lowest BCUT2D eigenvalue weighted by molar-refractivity contribution is -0.281. The number of benzene rings is 2. The molecular weight excluding hydrogens is 499 g/mol. The van der Waals surface area contributed by atoms with Crippen molar-refractivity contribution in [3.05, 3.63) is 65.5 Å². The summed E-state index contributed by atoms with van der Waals surface area (Å²) in [4.78, 5) is 11.5. The van der Waals surface area contributed by atoms with Gasteiger partial charge in [-0.2, -0.15) is 13.2 Å². The third-order valence-electron chi connectivity index (χ3n) is 5.53. The Balaban J connectivity index is 1.36. The van der Waals surface area contributed by atoms with Crippen LogP contribution >= 0.6 is 0 Å². The summed E-state index contributed by atoms with van der Waals surface area (Å²) in [7, 11) is -0.172.